The summed E-state index contributed by atoms with van der Waals surface area (Å²) in [5.41, 5.74) is 0.645. The molecule has 1 saturated heterocycles. The average Bonchev–Trinajstić information content (AvgIpc) is 3.18. The second kappa shape index (κ2) is 11.1. The van der Waals surface area contributed by atoms with Crippen LogP contribution in [0.2, 0.25) is 0 Å². The molecule has 0 saturated carbocycles. The SMILES string of the molecule is CCN(CC)C(=O)CN1CCCN(C(=O)c2cccc(OCc3cccs3)c2)CC1. The van der Waals surface area contributed by atoms with Crippen LogP contribution < -0.4 is 4.74 Å². The Morgan fingerprint density at radius 2 is 1.90 bits per heavy atom. The van der Waals surface area contributed by atoms with Gasteiger partial charge >= 0.3 is 0 Å². The standard InChI is InChI=1S/C23H31N3O3S/c1-3-25(4-2)22(27)17-24-11-7-12-26(14-13-24)23(28)19-8-5-9-20(16-19)29-18-21-10-6-15-30-21/h5-6,8-10,15-16H,3-4,7,11-14,17-18H2,1-2H3. The maximum Gasteiger partial charge on any atom is 0.254 e. The number of carbonyl (C=O) groups is 2. The molecule has 0 atom stereocenters. The number of thiophene rings is 1. The Morgan fingerprint density at radius 1 is 1.07 bits per heavy atom. The first kappa shape index (κ1) is 22.3. The predicted molar refractivity (Wildman–Crippen MR) is 120 cm³/mol. The summed E-state index contributed by atoms with van der Waals surface area (Å²) in [6.45, 7) is 9.29. The fourth-order valence-corrected chi connectivity index (χ4v) is 4.27. The highest BCUT2D eigenvalue weighted by Crippen LogP contribution is 2.19. The lowest BCUT2D eigenvalue weighted by Crippen LogP contribution is -2.42. The summed E-state index contributed by atoms with van der Waals surface area (Å²) < 4.78 is 5.85. The van der Waals surface area contributed by atoms with Crippen LogP contribution in [0.15, 0.2) is 41.8 Å². The highest BCUT2D eigenvalue weighted by molar-refractivity contribution is 7.09. The van der Waals surface area contributed by atoms with Crippen molar-refractivity contribution in [1.82, 2.24) is 14.7 Å². The molecule has 0 N–H and O–H groups in total. The molecule has 1 aliphatic rings. The predicted octanol–water partition coefficient (Wildman–Crippen LogP) is 3.34. The van der Waals surface area contributed by atoms with E-state index in [0.717, 1.165) is 30.9 Å². The van der Waals surface area contributed by atoms with Crippen molar-refractivity contribution in [3.05, 3.63) is 52.2 Å². The summed E-state index contributed by atoms with van der Waals surface area (Å²) in [4.78, 5) is 32.5. The number of carbonyl (C=O) groups excluding carboxylic acids is 2. The van der Waals surface area contributed by atoms with Gasteiger partial charge in [-0.3, -0.25) is 14.5 Å². The van der Waals surface area contributed by atoms with Crippen molar-refractivity contribution in [3.8, 4) is 5.75 Å². The molecule has 2 aromatic rings. The number of amides is 2. The first-order chi connectivity index (χ1) is 14.6. The van der Waals surface area contributed by atoms with Crippen LogP contribution in [-0.4, -0.2) is 72.3 Å². The van der Waals surface area contributed by atoms with Gasteiger partial charge in [0.15, 0.2) is 0 Å². The Morgan fingerprint density at radius 3 is 2.63 bits per heavy atom. The number of nitrogens with zero attached hydrogens (tertiary/aromatic N) is 3. The van der Waals surface area contributed by atoms with Crippen molar-refractivity contribution in [3.63, 3.8) is 0 Å². The summed E-state index contributed by atoms with van der Waals surface area (Å²) >= 11 is 1.65. The van der Waals surface area contributed by atoms with E-state index < -0.39 is 0 Å². The van der Waals surface area contributed by atoms with Crippen LogP contribution in [0.4, 0.5) is 0 Å². The molecule has 0 aliphatic carbocycles. The Labute approximate surface area is 183 Å². The maximum atomic E-state index is 13.0. The van der Waals surface area contributed by atoms with Gasteiger partial charge in [-0.1, -0.05) is 12.1 Å². The largest absolute Gasteiger partial charge is 0.488 e. The molecule has 7 heteroatoms. The van der Waals surface area contributed by atoms with Crippen LogP contribution in [0.25, 0.3) is 0 Å². The normalized spacial score (nSPS) is 14.9. The summed E-state index contributed by atoms with van der Waals surface area (Å²) in [7, 11) is 0. The first-order valence-electron chi connectivity index (χ1n) is 10.6. The van der Waals surface area contributed by atoms with Crippen molar-refractivity contribution in [2.45, 2.75) is 26.9 Å². The van der Waals surface area contributed by atoms with Crippen molar-refractivity contribution >= 4 is 23.2 Å². The third-order valence-electron chi connectivity index (χ3n) is 5.39. The molecule has 162 valence electrons. The van der Waals surface area contributed by atoms with Gasteiger partial charge in [0.1, 0.15) is 12.4 Å². The number of hydrogen-bond acceptors (Lipinski definition) is 5. The van der Waals surface area contributed by atoms with Gasteiger partial charge in [-0.25, -0.2) is 0 Å². The van der Waals surface area contributed by atoms with Gasteiger partial charge in [-0.15, -0.1) is 11.3 Å². The van der Waals surface area contributed by atoms with E-state index >= 15 is 0 Å². The molecule has 1 fully saturated rings. The van der Waals surface area contributed by atoms with Crippen molar-refractivity contribution < 1.29 is 14.3 Å². The summed E-state index contributed by atoms with van der Waals surface area (Å²) in [5, 5.41) is 2.02. The number of ether oxygens (including phenoxy) is 1. The van der Waals surface area contributed by atoms with Crippen LogP contribution in [0, 0.1) is 0 Å². The van der Waals surface area contributed by atoms with E-state index in [-0.39, 0.29) is 11.8 Å². The van der Waals surface area contributed by atoms with E-state index in [0.29, 0.717) is 44.1 Å². The zero-order chi connectivity index (χ0) is 21.3. The van der Waals surface area contributed by atoms with Crippen LogP contribution in [0.1, 0.15) is 35.5 Å². The fourth-order valence-electron chi connectivity index (χ4n) is 3.65. The fraction of sp³-hybridized carbons (Fsp3) is 0.478. The highest BCUT2D eigenvalue weighted by atomic mass is 32.1. The summed E-state index contributed by atoms with van der Waals surface area (Å²) in [5.74, 6) is 0.888. The third-order valence-corrected chi connectivity index (χ3v) is 6.24. The molecule has 2 heterocycles. The van der Waals surface area contributed by atoms with Crippen molar-refractivity contribution in [2.75, 3.05) is 45.8 Å². The van der Waals surface area contributed by atoms with Crippen molar-refractivity contribution in [2.24, 2.45) is 0 Å². The Bertz CT molecular complexity index is 821. The maximum absolute atomic E-state index is 13.0. The molecule has 0 bridgehead atoms. The van der Waals surface area contributed by atoms with E-state index in [9.17, 15) is 9.59 Å². The number of benzene rings is 1. The summed E-state index contributed by atoms with van der Waals surface area (Å²) in [6.07, 6.45) is 0.867. The van der Waals surface area contributed by atoms with Gasteiger partial charge in [0.2, 0.25) is 5.91 Å². The Kier molecular flexibility index (Phi) is 8.28. The molecule has 2 amide bonds. The molecule has 6 nitrogen and oxygen atoms in total. The molecule has 0 unspecified atom stereocenters. The minimum Gasteiger partial charge on any atom is -0.488 e. The van der Waals surface area contributed by atoms with Gasteiger partial charge < -0.3 is 14.5 Å². The molecule has 1 aliphatic heterocycles. The van der Waals surface area contributed by atoms with Gasteiger partial charge in [-0.05, 0) is 49.9 Å². The number of hydrogen-bond donors (Lipinski definition) is 0. The second-order valence-corrected chi connectivity index (χ2v) is 8.42. The first-order valence-corrected chi connectivity index (χ1v) is 11.5. The van der Waals surface area contributed by atoms with Gasteiger partial charge in [0.05, 0.1) is 6.54 Å². The zero-order valence-electron chi connectivity index (χ0n) is 17.9. The minimum atomic E-state index is 0.0218. The lowest BCUT2D eigenvalue weighted by atomic mass is 10.2. The quantitative estimate of drug-likeness (QED) is 0.646. The van der Waals surface area contributed by atoms with Gasteiger partial charge in [0.25, 0.3) is 5.91 Å². The van der Waals surface area contributed by atoms with E-state index in [1.807, 2.05) is 65.4 Å². The van der Waals surface area contributed by atoms with Gasteiger partial charge in [-0.2, -0.15) is 0 Å². The topological polar surface area (TPSA) is 53.1 Å². The molecule has 30 heavy (non-hydrogen) atoms. The van der Waals surface area contributed by atoms with Crippen LogP contribution >= 0.6 is 11.3 Å². The minimum absolute atomic E-state index is 0.0218. The number of likely N-dealkylation sites (N-methyl/N-ethyl adjacent to an activating group) is 1. The van der Waals surface area contributed by atoms with E-state index in [2.05, 4.69) is 4.90 Å². The van der Waals surface area contributed by atoms with E-state index in [4.69, 9.17) is 4.74 Å². The van der Waals surface area contributed by atoms with Gasteiger partial charge in [0, 0.05) is 49.7 Å². The smallest absolute Gasteiger partial charge is 0.254 e. The summed E-state index contributed by atoms with van der Waals surface area (Å²) in [6, 6.07) is 11.4. The Hall–Kier alpha value is -2.38. The van der Waals surface area contributed by atoms with E-state index in [1.54, 1.807) is 11.3 Å². The third kappa shape index (κ3) is 6.06. The molecular weight excluding hydrogens is 398 g/mol. The zero-order valence-corrected chi connectivity index (χ0v) is 18.7. The highest BCUT2D eigenvalue weighted by Gasteiger charge is 2.22. The molecular formula is C23H31N3O3S. The Balaban J connectivity index is 1.55. The molecule has 3 rings (SSSR count). The van der Waals surface area contributed by atoms with E-state index in [1.165, 1.54) is 0 Å². The van der Waals surface area contributed by atoms with Crippen LogP contribution in [0.3, 0.4) is 0 Å². The van der Waals surface area contributed by atoms with Crippen LogP contribution in [0.5, 0.6) is 5.75 Å². The average molecular weight is 430 g/mol. The molecule has 0 radical (unpaired) electrons. The molecule has 0 spiro atoms. The number of rotatable bonds is 8. The van der Waals surface area contributed by atoms with Crippen LogP contribution in [-0.2, 0) is 11.4 Å². The van der Waals surface area contributed by atoms with Crippen molar-refractivity contribution in [1.29, 1.82) is 0 Å². The molecule has 1 aromatic carbocycles. The lowest BCUT2D eigenvalue weighted by molar-refractivity contribution is -0.132. The second-order valence-electron chi connectivity index (χ2n) is 7.38. The lowest BCUT2D eigenvalue weighted by Gasteiger charge is -2.25. The monoisotopic (exact) mass is 429 g/mol. The molecule has 1 aromatic heterocycles.